The highest BCUT2D eigenvalue weighted by Crippen LogP contribution is 2.11. The van der Waals surface area contributed by atoms with Gasteiger partial charge in [-0.1, -0.05) is 13.8 Å². The Labute approximate surface area is 96.2 Å². The molecular formula is C12H20N2O2. The van der Waals surface area contributed by atoms with E-state index in [4.69, 9.17) is 10.2 Å². The highest BCUT2D eigenvalue weighted by Gasteiger charge is 2.17. The Balaban J connectivity index is 2.37. The van der Waals surface area contributed by atoms with Crippen molar-refractivity contribution in [3.63, 3.8) is 0 Å². The number of nitrogens with one attached hydrogen (secondary N) is 1. The first kappa shape index (κ1) is 12.8. The lowest BCUT2D eigenvalue weighted by atomic mass is 9.96. The fourth-order valence-corrected chi connectivity index (χ4v) is 1.61. The van der Waals surface area contributed by atoms with Crippen molar-refractivity contribution in [1.82, 2.24) is 5.32 Å². The van der Waals surface area contributed by atoms with E-state index in [-0.39, 0.29) is 11.8 Å². The molecule has 0 bridgehead atoms. The molecule has 4 nitrogen and oxygen atoms in total. The van der Waals surface area contributed by atoms with Crippen LogP contribution in [0.4, 0.5) is 0 Å². The summed E-state index contributed by atoms with van der Waals surface area (Å²) in [5.41, 5.74) is 6.56. The van der Waals surface area contributed by atoms with E-state index in [0.717, 1.165) is 12.0 Å². The molecule has 16 heavy (non-hydrogen) atoms. The van der Waals surface area contributed by atoms with Crippen molar-refractivity contribution >= 4 is 5.91 Å². The second-order valence-corrected chi connectivity index (χ2v) is 4.41. The van der Waals surface area contributed by atoms with Crippen molar-refractivity contribution in [2.24, 2.45) is 17.6 Å². The molecule has 0 fully saturated rings. The number of amides is 1. The van der Waals surface area contributed by atoms with Crippen molar-refractivity contribution in [3.8, 4) is 0 Å². The maximum Gasteiger partial charge on any atom is 0.224 e. The number of furan rings is 1. The fraction of sp³-hybridized carbons (Fsp3) is 0.583. The SMILES string of the molecule is CC(C)CC(CN)C(=O)NCc1ccoc1. The molecule has 0 aliphatic rings. The molecule has 0 saturated carbocycles. The molecule has 1 aromatic rings. The molecule has 0 radical (unpaired) electrons. The van der Waals surface area contributed by atoms with Gasteiger partial charge in [0.15, 0.2) is 0 Å². The first-order valence-electron chi connectivity index (χ1n) is 5.62. The first-order valence-corrected chi connectivity index (χ1v) is 5.62. The molecule has 1 heterocycles. The van der Waals surface area contributed by atoms with Crippen molar-refractivity contribution in [2.45, 2.75) is 26.8 Å². The van der Waals surface area contributed by atoms with Gasteiger partial charge in [0.1, 0.15) is 0 Å². The first-order chi connectivity index (χ1) is 7.63. The number of carbonyl (C=O) groups excluding carboxylic acids is 1. The van der Waals surface area contributed by atoms with Gasteiger partial charge >= 0.3 is 0 Å². The lowest BCUT2D eigenvalue weighted by Gasteiger charge is -2.16. The highest BCUT2D eigenvalue weighted by atomic mass is 16.3. The van der Waals surface area contributed by atoms with Crippen molar-refractivity contribution in [2.75, 3.05) is 6.54 Å². The van der Waals surface area contributed by atoms with E-state index in [1.165, 1.54) is 0 Å². The molecule has 1 aromatic heterocycles. The van der Waals surface area contributed by atoms with Crippen LogP contribution < -0.4 is 11.1 Å². The average molecular weight is 224 g/mol. The molecule has 4 heteroatoms. The Morgan fingerprint density at radius 2 is 2.31 bits per heavy atom. The van der Waals surface area contributed by atoms with E-state index in [1.54, 1.807) is 12.5 Å². The Kier molecular flexibility index (Phi) is 5.05. The molecule has 0 aromatic carbocycles. The van der Waals surface area contributed by atoms with Crippen LogP contribution in [-0.2, 0) is 11.3 Å². The molecule has 90 valence electrons. The van der Waals surface area contributed by atoms with E-state index < -0.39 is 0 Å². The second-order valence-electron chi connectivity index (χ2n) is 4.41. The maximum atomic E-state index is 11.8. The third-order valence-electron chi connectivity index (χ3n) is 2.46. The molecular weight excluding hydrogens is 204 g/mol. The summed E-state index contributed by atoms with van der Waals surface area (Å²) in [6, 6.07) is 1.83. The predicted octanol–water partition coefficient (Wildman–Crippen LogP) is 1.52. The quantitative estimate of drug-likeness (QED) is 0.769. The van der Waals surface area contributed by atoms with E-state index in [2.05, 4.69) is 19.2 Å². The van der Waals surface area contributed by atoms with Crippen LogP contribution in [0.3, 0.4) is 0 Å². The van der Waals surface area contributed by atoms with Crippen LogP contribution >= 0.6 is 0 Å². The third-order valence-corrected chi connectivity index (χ3v) is 2.46. The van der Waals surface area contributed by atoms with Gasteiger partial charge in [-0.3, -0.25) is 4.79 Å². The van der Waals surface area contributed by atoms with Crippen LogP contribution in [0, 0.1) is 11.8 Å². The Hall–Kier alpha value is -1.29. The van der Waals surface area contributed by atoms with Gasteiger partial charge in [-0.05, 0) is 18.4 Å². The summed E-state index contributed by atoms with van der Waals surface area (Å²) in [4.78, 5) is 11.8. The molecule has 3 N–H and O–H groups in total. The topological polar surface area (TPSA) is 68.3 Å². The van der Waals surface area contributed by atoms with Gasteiger partial charge in [-0.15, -0.1) is 0 Å². The Morgan fingerprint density at radius 3 is 2.81 bits per heavy atom. The largest absolute Gasteiger partial charge is 0.472 e. The smallest absolute Gasteiger partial charge is 0.224 e. The molecule has 1 unspecified atom stereocenters. The van der Waals surface area contributed by atoms with Gasteiger partial charge in [0, 0.05) is 18.7 Å². The van der Waals surface area contributed by atoms with Crippen LogP contribution in [0.2, 0.25) is 0 Å². The van der Waals surface area contributed by atoms with E-state index in [0.29, 0.717) is 19.0 Å². The zero-order valence-corrected chi connectivity index (χ0v) is 9.90. The van der Waals surface area contributed by atoms with E-state index in [9.17, 15) is 4.79 Å². The molecule has 1 rings (SSSR count). The van der Waals surface area contributed by atoms with Gasteiger partial charge in [-0.2, -0.15) is 0 Å². The van der Waals surface area contributed by atoms with Gasteiger partial charge < -0.3 is 15.5 Å². The summed E-state index contributed by atoms with van der Waals surface area (Å²) in [5.74, 6) is 0.414. The van der Waals surface area contributed by atoms with Gasteiger partial charge in [0.2, 0.25) is 5.91 Å². The van der Waals surface area contributed by atoms with Crippen molar-refractivity contribution in [1.29, 1.82) is 0 Å². The third kappa shape index (κ3) is 4.06. The van der Waals surface area contributed by atoms with Crippen LogP contribution in [0.15, 0.2) is 23.0 Å². The lowest BCUT2D eigenvalue weighted by Crippen LogP contribution is -2.35. The molecule has 0 aliphatic heterocycles. The minimum Gasteiger partial charge on any atom is -0.472 e. The maximum absolute atomic E-state index is 11.8. The minimum atomic E-state index is -0.0908. The number of hydrogen-bond donors (Lipinski definition) is 2. The molecule has 1 amide bonds. The Bertz CT molecular complexity index is 307. The number of nitrogens with two attached hydrogens (primary N) is 1. The Morgan fingerprint density at radius 1 is 1.56 bits per heavy atom. The minimum absolute atomic E-state index is 0.0254. The van der Waals surface area contributed by atoms with Gasteiger partial charge in [0.25, 0.3) is 0 Å². The van der Waals surface area contributed by atoms with E-state index >= 15 is 0 Å². The summed E-state index contributed by atoms with van der Waals surface area (Å²) < 4.78 is 4.92. The van der Waals surface area contributed by atoms with E-state index in [1.807, 2.05) is 6.07 Å². The van der Waals surface area contributed by atoms with Crippen LogP contribution in [0.1, 0.15) is 25.8 Å². The standard InChI is InChI=1S/C12H20N2O2/c1-9(2)5-11(6-13)12(15)14-7-10-3-4-16-8-10/h3-4,8-9,11H,5-7,13H2,1-2H3,(H,14,15). The van der Waals surface area contributed by atoms with Crippen molar-refractivity contribution < 1.29 is 9.21 Å². The van der Waals surface area contributed by atoms with Crippen LogP contribution in [-0.4, -0.2) is 12.5 Å². The predicted molar refractivity (Wildman–Crippen MR) is 62.6 cm³/mol. The second kappa shape index (κ2) is 6.33. The molecule has 0 spiro atoms. The average Bonchev–Trinajstić information content (AvgIpc) is 2.75. The molecule has 0 aliphatic carbocycles. The normalized spacial score (nSPS) is 12.8. The number of rotatable bonds is 6. The van der Waals surface area contributed by atoms with Crippen LogP contribution in [0.5, 0.6) is 0 Å². The zero-order valence-electron chi connectivity index (χ0n) is 9.90. The summed E-state index contributed by atoms with van der Waals surface area (Å²) in [6.45, 7) is 5.08. The molecule has 0 saturated heterocycles. The highest BCUT2D eigenvalue weighted by molar-refractivity contribution is 5.78. The summed E-state index contributed by atoms with van der Waals surface area (Å²) in [7, 11) is 0. The lowest BCUT2D eigenvalue weighted by molar-refractivity contribution is -0.125. The molecule has 1 atom stereocenters. The van der Waals surface area contributed by atoms with Gasteiger partial charge in [-0.25, -0.2) is 0 Å². The number of carbonyl (C=O) groups is 1. The van der Waals surface area contributed by atoms with Gasteiger partial charge in [0.05, 0.1) is 18.4 Å². The summed E-state index contributed by atoms with van der Waals surface area (Å²) >= 11 is 0. The fourth-order valence-electron chi connectivity index (χ4n) is 1.61. The summed E-state index contributed by atoms with van der Waals surface area (Å²) in [5, 5.41) is 2.86. The number of hydrogen-bond acceptors (Lipinski definition) is 3. The summed E-state index contributed by atoms with van der Waals surface area (Å²) in [6.07, 6.45) is 4.05. The van der Waals surface area contributed by atoms with Crippen molar-refractivity contribution in [3.05, 3.63) is 24.2 Å². The monoisotopic (exact) mass is 224 g/mol. The zero-order chi connectivity index (χ0) is 12.0. The van der Waals surface area contributed by atoms with Crippen LogP contribution in [0.25, 0.3) is 0 Å².